The Labute approximate surface area is 99.0 Å². The van der Waals surface area contributed by atoms with Crippen LogP contribution in [0, 0.1) is 6.54 Å². The first kappa shape index (κ1) is 11.4. The predicted octanol–water partition coefficient (Wildman–Crippen LogP) is 3.49. The molecule has 0 aliphatic carbocycles. The lowest BCUT2D eigenvalue weighted by Crippen LogP contribution is -2.44. The number of rotatable bonds is 3. The molecule has 1 aliphatic heterocycles. The maximum atomic E-state index is 2.46. The molecular weight excluding hydrogens is 194 g/mol. The Balaban J connectivity index is 1.89. The van der Waals surface area contributed by atoms with Crippen LogP contribution < -0.4 is 0 Å². The monoisotopic (exact) mass is 215 g/mol. The zero-order valence-electron chi connectivity index (χ0n) is 10.1. The molecule has 1 heterocycles. The Kier molecular flexibility index (Phi) is 3.79. The van der Waals surface area contributed by atoms with E-state index in [-0.39, 0.29) is 0 Å². The van der Waals surface area contributed by atoms with Gasteiger partial charge in [-0.05, 0) is 18.1 Å². The maximum Gasteiger partial charge on any atom is 0.0735 e. The maximum absolute atomic E-state index is 2.46. The molecule has 86 valence electrons. The normalized spacial score (nSPS) is 26.1. The van der Waals surface area contributed by atoms with Crippen molar-refractivity contribution in [2.45, 2.75) is 19.3 Å². The van der Waals surface area contributed by atoms with Crippen LogP contribution >= 0.6 is 0 Å². The van der Waals surface area contributed by atoms with Gasteiger partial charge in [0.25, 0.3) is 0 Å². The van der Waals surface area contributed by atoms with E-state index in [0.717, 1.165) is 11.0 Å². The van der Waals surface area contributed by atoms with Gasteiger partial charge in [0.05, 0.1) is 13.1 Å². The van der Waals surface area contributed by atoms with Crippen molar-refractivity contribution in [2.75, 3.05) is 20.1 Å². The van der Waals surface area contributed by atoms with Gasteiger partial charge in [0.2, 0.25) is 0 Å². The van der Waals surface area contributed by atoms with Crippen molar-refractivity contribution in [3.8, 4) is 0 Å². The summed E-state index contributed by atoms with van der Waals surface area (Å²) in [7, 11) is 2.33. The number of hydrogen-bond acceptors (Lipinski definition) is 0. The van der Waals surface area contributed by atoms with Crippen LogP contribution in [0.15, 0.2) is 36.4 Å². The molecule has 0 bridgehead atoms. The molecular formula is C15H21N. The molecule has 0 radical (unpaired) electrons. The van der Waals surface area contributed by atoms with Gasteiger partial charge >= 0.3 is 0 Å². The Morgan fingerprint density at radius 3 is 2.75 bits per heavy atom. The number of piperidine rings is 1. The van der Waals surface area contributed by atoms with Crippen LogP contribution in [0.2, 0.25) is 0 Å². The highest BCUT2D eigenvalue weighted by molar-refractivity contribution is 5.48. The second-order valence-electron chi connectivity index (χ2n) is 4.88. The van der Waals surface area contributed by atoms with E-state index in [1.54, 1.807) is 0 Å². The zero-order chi connectivity index (χ0) is 11.3. The van der Waals surface area contributed by atoms with Crippen molar-refractivity contribution in [2.24, 2.45) is 0 Å². The summed E-state index contributed by atoms with van der Waals surface area (Å²) >= 11 is 0. The van der Waals surface area contributed by atoms with Gasteiger partial charge in [0, 0.05) is 7.05 Å². The smallest absolute Gasteiger partial charge is 0.0735 e. The quantitative estimate of drug-likeness (QED) is 0.535. The average molecular weight is 215 g/mol. The highest BCUT2D eigenvalue weighted by Crippen LogP contribution is 2.20. The topological polar surface area (TPSA) is 0 Å². The molecule has 1 fully saturated rings. The van der Waals surface area contributed by atoms with Gasteiger partial charge < -0.3 is 4.48 Å². The van der Waals surface area contributed by atoms with E-state index in [2.05, 4.69) is 56.1 Å². The summed E-state index contributed by atoms with van der Waals surface area (Å²) < 4.78 is 1.10. The molecule has 0 N–H and O–H groups in total. The molecule has 1 atom stereocenters. The van der Waals surface area contributed by atoms with Crippen molar-refractivity contribution in [3.05, 3.63) is 48.5 Å². The van der Waals surface area contributed by atoms with Crippen LogP contribution in [0.25, 0.3) is 6.08 Å². The highest BCUT2D eigenvalue weighted by Gasteiger charge is 2.14. The second kappa shape index (κ2) is 5.31. The van der Waals surface area contributed by atoms with Gasteiger partial charge in [-0.3, -0.25) is 0 Å². The van der Waals surface area contributed by atoms with E-state index in [1.165, 1.54) is 31.4 Å². The number of nitrogens with zero attached hydrogens (tertiary/aromatic N) is 1. The lowest BCUT2D eigenvalue weighted by molar-refractivity contribution is -0.879. The third kappa shape index (κ3) is 3.21. The summed E-state index contributed by atoms with van der Waals surface area (Å²) in [4.78, 5) is 0. The lowest BCUT2D eigenvalue weighted by Gasteiger charge is -2.46. The summed E-state index contributed by atoms with van der Waals surface area (Å²) in [5, 5.41) is 0. The van der Waals surface area contributed by atoms with E-state index in [4.69, 9.17) is 0 Å². The van der Waals surface area contributed by atoms with Gasteiger partial charge in [-0.1, -0.05) is 42.8 Å². The first-order valence-electron chi connectivity index (χ1n) is 6.19. The molecule has 1 aliphatic rings. The lowest BCUT2D eigenvalue weighted by atomic mass is 10.1. The fourth-order valence-corrected chi connectivity index (χ4v) is 2.27. The molecule has 0 unspecified atom stereocenters. The molecule has 1 saturated heterocycles. The van der Waals surface area contributed by atoms with Gasteiger partial charge in [-0.25, -0.2) is 0 Å². The molecule has 0 saturated carbocycles. The SMILES string of the molecule is C[N@@+]1(C/C=C\c2ccccc2)[CH-]CCCC1. The molecule has 16 heavy (non-hydrogen) atoms. The van der Waals surface area contributed by atoms with E-state index in [9.17, 15) is 0 Å². The van der Waals surface area contributed by atoms with Gasteiger partial charge in [0.1, 0.15) is 0 Å². The first-order valence-corrected chi connectivity index (χ1v) is 6.19. The number of likely N-dealkylation sites (N-methyl/N-ethyl adjacent to an activating group) is 1. The van der Waals surface area contributed by atoms with E-state index < -0.39 is 0 Å². The third-order valence-corrected chi connectivity index (χ3v) is 3.33. The van der Waals surface area contributed by atoms with Crippen molar-refractivity contribution < 1.29 is 4.48 Å². The molecule has 0 spiro atoms. The van der Waals surface area contributed by atoms with E-state index >= 15 is 0 Å². The Bertz CT molecular complexity index is 334. The molecule has 0 aromatic heterocycles. The molecule has 1 aromatic carbocycles. The summed E-state index contributed by atoms with van der Waals surface area (Å²) in [5.74, 6) is 0. The Hall–Kier alpha value is -1.08. The third-order valence-electron chi connectivity index (χ3n) is 3.33. The van der Waals surface area contributed by atoms with Crippen LogP contribution in [0.4, 0.5) is 0 Å². The molecule has 2 rings (SSSR count). The predicted molar refractivity (Wildman–Crippen MR) is 69.5 cm³/mol. The van der Waals surface area contributed by atoms with Gasteiger partial charge in [-0.15, -0.1) is 13.0 Å². The van der Waals surface area contributed by atoms with Crippen LogP contribution in [-0.4, -0.2) is 24.6 Å². The summed E-state index contributed by atoms with van der Waals surface area (Å²) in [6.07, 6.45) is 8.54. The standard InChI is InChI=1S/C15H21N/c1-16(12-6-3-7-13-16)14-8-11-15-9-4-2-5-10-15/h2,4-5,8-12H,3,6-7,13-14H2,1H3/b11-8-/t16-/m1/s1. The van der Waals surface area contributed by atoms with Crippen LogP contribution in [0.3, 0.4) is 0 Å². The first-order chi connectivity index (χ1) is 7.79. The number of benzene rings is 1. The number of likely N-dealkylation sites (tertiary alicyclic amines) is 1. The average Bonchev–Trinajstić information content (AvgIpc) is 2.31. The number of quaternary nitrogens is 1. The second-order valence-corrected chi connectivity index (χ2v) is 4.88. The molecule has 1 heteroatoms. The Morgan fingerprint density at radius 1 is 1.25 bits per heavy atom. The molecule has 1 aromatic rings. The van der Waals surface area contributed by atoms with Gasteiger partial charge in [-0.2, -0.15) is 0 Å². The molecule has 0 amide bonds. The zero-order valence-corrected chi connectivity index (χ0v) is 10.1. The summed E-state index contributed by atoms with van der Waals surface area (Å²) in [6, 6.07) is 10.5. The summed E-state index contributed by atoms with van der Waals surface area (Å²) in [5.41, 5.74) is 1.30. The fraction of sp³-hybridized carbons (Fsp3) is 0.400. The fourth-order valence-electron chi connectivity index (χ4n) is 2.27. The minimum absolute atomic E-state index is 1.10. The largest absolute Gasteiger partial charge is 0.454 e. The van der Waals surface area contributed by atoms with Gasteiger partial charge in [0.15, 0.2) is 0 Å². The van der Waals surface area contributed by atoms with Crippen molar-refractivity contribution in [1.82, 2.24) is 0 Å². The van der Waals surface area contributed by atoms with E-state index in [1.807, 2.05) is 0 Å². The minimum Gasteiger partial charge on any atom is -0.454 e. The Morgan fingerprint density at radius 2 is 2.06 bits per heavy atom. The number of hydrogen-bond donors (Lipinski definition) is 0. The van der Waals surface area contributed by atoms with Crippen molar-refractivity contribution >= 4 is 6.08 Å². The van der Waals surface area contributed by atoms with Crippen molar-refractivity contribution in [1.29, 1.82) is 0 Å². The highest BCUT2D eigenvalue weighted by atomic mass is 15.3. The van der Waals surface area contributed by atoms with E-state index in [0.29, 0.717) is 0 Å². The molecule has 1 nitrogen and oxygen atoms in total. The minimum atomic E-state index is 1.10. The van der Waals surface area contributed by atoms with Crippen molar-refractivity contribution in [3.63, 3.8) is 0 Å². The summed E-state index contributed by atoms with van der Waals surface area (Å²) in [6.45, 7) is 4.87. The van der Waals surface area contributed by atoms with Crippen LogP contribution in [-0.2, 0) is 0 Å². The van der Waals surface area contributed by atoms with Crippen LogP contribution in [0.5, 0.6) is 0 Å². The van der Waals surface area contributed by atoms with Crippen LogP contribution in [0.1, 0.15) is 24.8 Å².